The number of likely N-dealkylation sites (tertiary alicyclic amines) is 1. The van der Waals surface area contributed by atoms with Gasteiger partial charge < -0.3 is 24.4 Å². The predicted molar refractivity (Wildman–Crippen MR) is 154 cm³/mol. The Morgan fingerprint density at radius 3 is 2.38 bits per heavy atom. The molecule has 39 heavy (non-hydrogen) atoms. The largest absolute Gasteiger partial charge is 0.481 e. The van der Waals surface area contributed by atoms with Crippen molar-refractivity contribution in [3.8, 4) is 11.5 Å². The number of nitrogens with zero attached hydrogens (tertiary/aromatic N) is 3. The summed E-state index contributed by atoms with van der Waals surface area (Å²) < 4.78 is 11.1. The van der Waals surface area contributed by atoms with E-state index in [1.807, 2.05) is 23.1 Å². The number of aliphatic carboxylic acids is 1. The Bertz CT molecular complexity index is 950. The Hall–Kier alpha value is -2.32. The monoisotopic (exact) mass is 545 g/mol. The van der Waals surface area contributed by atoms with Gasteiger partial charge in [0.05, 0.1) is 12.5 Å². The Balaban J connectivity index is 1.85. The summed E-state index contributed by atoms with van der Waals surface area (Å²) in [5.41, 5.74) is 0.915. The van der Waals surface area contributed by atoms with Crippen LogP contribution in [0.4, 0.5) is 0 Å². The first-order valence-corrected chi connectivity index (χ1v) is 14.8. The fourth-order valence-corrected chi connectivity index (χ4v) is 6.29. The lowest BCUT2D eigenvalue weighted by molar-refractivity contribution is -0.144. The van der Waals surface area contributed by atoms with Gasteiger partial charge in [0.25, 0.3) is 0 Å². The van der Waals surface area contributed by atoms with Gasteiger partial charge in [-0.3, -0.25) is 14.5 Å². The van der Waals surface area contributed by atoms with Gasteiger partial charge in [0.1, 0.15) is 0 Å². The highest BCUT2D eigenvalue weighted by Gasteiger charge is 2.48. The first-order chi connectivity index (χ1) is 18.6. The summed E-state index contributed by atoms with van der Waals surface area (Å²) in [6, 6.07) is 5.55. The number of carbonyl (C=O) groups excluding carboxylic acids is 1. The number of benzene rings is 1. The van der Waals surface area contributed by atoms with E-state index in [2.05, 4.69) is 51.6 Å². The lowest BCUT2D eigenvalue weighted by atomic mass is 9.76. The second kappa shape index (κ2) is 14.4. The van der Waals surface area contributed by atoms with Crippen molar-refractivity contribution in [3.05, 3.63) is 23.8 Å². The number of amides is 1. The number of carboxylic acids is 1. The van der Waals surface area contributed by atoms with Crippen LogP contribution in [0, 0.1) is 11.3 Å². The van der Waals surface area contributed by atoms with E-state index in [-0.39, 0.29) is 36.6 Å². The van der Waals surface area contributed by atoms with Gasteiger partial charge in [0.15, 0.2) is 11.5 Å². The number of carbonyl (C=O) groups is 2. The van der Waals surface area contributed by atoms with Crippen molar-refractivity contribution in [2.45, 2.75) is 84.6 Å². The molecule has 3 rings (SSSR count). The zero-order valence-electron chi connectivity index (χ0n) is 25.1. The fraction of sp³-hybridized carbons (Fsp3) is 0.742. The van der Waals surface area contributed by atoms with Gasteiger partial charge in [0, 0.05) is 31.6 Å². The fourth-order valence-electron chi connectivity index (χ4n) is 6.29. The molecule has 2 unspecified atom stereocenters. The third kappa shape index (κ3) is 8.58. The van der Waals surface area contributed by atoms with Crippen LogP contribution in [0.3, 0.4) is 0 Å². The van der Waals surface area contributed by atoms with Gasteiger partial charge in [-0.2, -0.15) is 0 Å². The van der Waals surface area contributed by atoms with Crippen molar-refractivity contribution in [1.29, 1.82) is 0 Å². The van der Waals surface area contributed by atoms with Crippen LogP contribution in [-0.4, -0.2) is 91.3 Å². The Morgan fingerprint density at radius 2 is 1.72 bits per heavy atom. The van der Waals surface area contributed by atoms with E-state index in [1.54, 1.807) is 0 Å². The summed E-state index contributed by atoms with van der Waals surface area (Å²) in [6.45, 7) is 12.3. The minimum Gasteiger partial charge on any atom is -0.481 e. The average molecular weight is 546 g/mol. The van der Waals surface area contributed by atoms with Crippen LogP contribution in [0.2, 0.25) is 0 Å². The number of ether oxygens (including phenoxy) is 2. The molecule has 1 amide bonds. The van der Waals surface area contributed by atoms with E-state index in [0.29, 0.717) is 18.0 Å². The molecular weight excluding hydrogens is 494 g/mol. The van der Waals surface area contributed by atoms with E-state index in [4.69, 9.17) is 9.47 Å². The molecule has 2 aliphatic rings. The van der Waals surface area contributed by atoms with Crippen molar-refractivity contribution in [1.82, 2.24) is 14.7 Å². The maximum absolute atomic E-state index is 13.7. The van der Waals surface area contributed by atoms with Crippen molar-refractivity contribution in [3.63, 3.8) is 0 Å². The zero-order chi connectivity index (χ0) is 28.6. The van der Waals surface area contributed by atoms with Gasteiger partial charge in [0.2, 0.25) is 12.7 Å². The number of hydrogen-bond acceptors (Lipinski definition) is 6. The third-order valence-electron chi connectivity index (χ3n) is 8.30. The van der Waals surface area contributed by atoms with Gasteiger partial charge in [-0.1, -0.05) is 46.6 Å². The minimum absolute atomic E-state index is 0.0216. The Kier molecular flexibility index (Phi) is 11.5. The van der Waals surface area contributed by atoms with E-state index < -0.39 is 11.9 Å². The summed E-state index contributed by atoms with van der Waals surface area (Å²) in [6.07, 6.45) is 6.83. The molecule has 0 aliphatic carbocycles. The molecule has 8 heteroatoms. The van der Waals surface area contributed by atoms with Gasteiger partial charge in [-0.15, -0.1) is 0 Å². The van der Waals surface area contributed by atoms with Crippen molar-refractivity contribution in [2.24, 2.45) is 11.3 Å². The quantitative estimate of drug-likeness (QED) is 0.290. The highest BCUT2D eigenvalue weighted by atomic mass is 16.7. The maximum Gasteiger partial charge on any atom is 0.308 e. The third-order valence-corrected chi connectivity index (χ3v) is 8.30. The predicted octanol–water partition coefficient (Wildman–Crippen LogP) is 5.07. The maximum atomic E-state index is 13.7. The highest BCUT2D eigenvalue weighted by Crippen LogP contribution is 2.45. The minimum atomic E-state index is -0.795. The van der Waals surface area contributed by atoms with E-state index >= 15 is 0 Å². The van der Waals surface area contributed by atoms with Crippen LogP contribution >= 0.6 is 0 Å². The summed E-state index contributed by atoms with van der Waals surface area (Å²) >= 11 is 0. The molecule has 0 aromatic heterocycles. The van der Waals surface area contributed by atoms with Crippen LogP contribution in [0.1, 0.15) is 84.1 Å². The molecule has 3 atom stereocenters. The number of carboxylic acid groups (broad SMARTS) is 1. The van der Waals surface area contributed by atoms with E-state index in [1.165, 1.54) is 0 Å². The molecule has 1 N–H and O–H groups in total. The summed E-state index contributed by atoms with van der Waals surface area (Å²) in [5, 5.41) is 10.5. The van der Waals surface area contributed by atoms with Crippen molar-refractivity contribution in [2.75, 3.05) is 53.6 Å². The van der Waals surface area contributed by atoms with Crippen LogP contribution in [0.5, 0.6) is 11.5 Å². The molecule has 8 nitrogen and oxygen atoms in total. The van der Waals surface area contributed by atoms with Crippen LogP contribution in [0.15, 0.2) is 18.2 Å². The number of rotatable bonds is 16. The first-order valence-electron chi connectivity index (χ1n) is 14.8. The zero-order valence-corrected chi connectivity index (χ0v) is 25.1. The molecule has 0 saturated carbocycles. The van der Waals surface area contributed by atoms with Crippen LogP contribution in [0.25, 0.3) is 0 Å². The highest BCUT2D eigenvalue weighted by molar-refractivity contribution is 5.79. The Labute approximate surface area is 235 Å². The van der Waals surface area contributed by atoms with E-state index in [0.717, 1.165) is 70.1 Å². The van der Waals surface area contributed by atoms with Gasteiger partial charge in [-0.05, 0) is 75.9 Å². The average Bonchev–Trinajstić information content (AvgIpc) is 3.47. The second-order valence-corrected chi connectivity index (χ2v) is 12.4. The second-order valence-electron chi connectivity index (χ2n) is 12.4. The van der Waals surface area contributed by atoms with E-state index in [9.17, 15) is 14.7 Å². The Morgan fingerprint density at radius 1 is 1.03 bits per heavy atom. The molecule has 0 bridgehead atoms. The molecule has 0 radical (unpaired) electrons. The molecular formula is C31H51N3O5. The number of hydrogen-bond donors (Lipinski definition) is 1. The SMILES string of the molecule is CCCCN(CCCCN(C)C)C(=O)CN1C[C@H](c2ccc3c(c2)OCO3)C(C(=O)O)C1CC(C)(C)CCC. The molecule has 0 spiro atoms. The molecule has 1 saturated heterocycles. The normalized spacial score (nSPS) is 21.1. The smallest absolute Gasteiger partial charge is 0.308 e. The van der Waals surface area contributed by atoms with Crippen molar-refractivity contribution >= 4 is 11.9 Å². The molecule has 2 heterocycles. The molecule has 220 valence electrons. The van der Waals surface area contributed by atoms with Gasteiger partial charge in [-0.25, -0.2) is 0 Å². The molecule has 1 fully saturated rings. The van der Waals surface area contributed by atoms with Crippen LogP contribution < -0.4 is 9.47 Å². The van der Waals surface area contributed by atoms with Crippen molar-refractivity contribution < 1.29 is 24.2 Å². The lowest BCUT2D eigenvalue weighted by Crippen LogP contribution is -2.46. The number of fused-ring (bicyclic) bond motifs is 1. The lowest BCUT2D eigenvalue weighted by Gasteiger charge is -2.35. The first kappa shape index (κ1) is 31.2. The van der Waals surface area contributed by atoms with Gasteiger partial charge >= 0.3 is 5.97 Å². The summed E-state index contributed by atoms with van der Waals surface area (Å²) in [4.78, 5) is 32.9. The summed E-state index contributed by atoms with van der Waals surface area (Å²) in [5.74, 6) is -0.150. The van der Waals surface area contributed by atoms with Crippen LogP contribution in [-0.2, 0) is 9.59 Å². The molecule has 1 aromatic rings. The standard InChI is InChI=1S/C31H51N3O5/c1-7-9-16-33(17-11-10-15-32(5)6)28(35)21-34-20-24(23-12-13-26-27(18-23)39-22-38-26)29(30(36)37)25(34)19-31(3,4)14-8-2/h12-13,18,24-25,29H,7-11,14-17,19-22H2,1-6H3,(H,36,37)/t24-,25?,29?/m1/s1. The number of unbranched alkanes of at least 4 members (excludes halogenated alkanes) is 2. The topological polar surface area (TPSA) is 82.5 Å². The summed E-state index contributed by atoms with van der Waals surface area (Å²) in [7, 11) is 4.14. The molecule has 1 aromatic carbocycles. The molecule has 2 aliphatic heterocycles.